The zero-order valence-electron chi connectivity index (χ0n) is 19.9. The largest absolute Gasteiger partial charge is 0.497 e. The standard InChI is InChI=1S/C26H33N5O2S/c1-3-31-25(21-10-6-4-7-11-21)28-29-26(31)34-19-24(32)27-18-23(30-16-8-5-9-17-30)20-12-14-22(33-2)15-13-20/h4,6-7,10-15,23H,3,5,8-9,16-19H2,1-2H3,(H,27,32). The van der Waals surface area contributed by atoms with E-state index in [1.807, 2.05) is 42.5 Å². The first kappa shape index (κ1) is 24.3. The summed E-state index contributed by atoms with van der Waals surface area (Å²) < 4.78 is 7.37. The molecule has 180 valence electrons. The lowest BCUT2D eigenvalue weighted by Gasteiger charge is -2.35. The Morgan fingerprint density at radius 1 is 1.06 bits per heavy atom. The number of likely N-dealkylation sites (tertiary alicyclic amines) is 1. The number of ether oxygens (including phenoxy) is 1. The molecule has 1 aliphatic heterocycles. The SMILES string of the molecule is CCn1c(SCC(=O)NCC(c2ccc(OC)cc2)N2CCCCC2)nnc1-c1ccccc1. The molecule has 4 rings (SSSR count). The van der Waals surface area contributed by atoms with Gasteiger partial charge in [-0.2, -0.15) is 0 Å². The van der Waals surface area contributed by atoms with Crippen molar-refractivity contribution in [2.75, 3.05) is 32.5 Å². The summed E-state index contributed by atoms with van der Waals surface area (Å²) in [6, 6.07) is 18.4. The van der Waals surface area contributed by atoms with Crippen molar-refractivity contribution in [2.45, 2.75) is 43.9 Å². The minimum Gasteiger partial charge on any atom is -0.497 e. The second kappa shape index (κ2) is 12.0. The van der Waals surface area contributed by atoms with Crippen LogP contribution < -0.4 is 10.1 Å². The molecule has 8 heteroatoms. The Morgan fingerprint density at radius 2 is 1.79 bits per heavy atom. The maximum absolute atomic E-state index is 12.8. The van der Waals surface area contributed by atoms with Gasteiger partial charge in [0.1, 0.15) is 5.75 Å². The average molecular weight is 480 g/mol. The Hall–Kier alpha value is -2.84. The molecular formula is C26H33N5O2S. The summed E-state index contributed by atoms with van der Waals surface area (Å²) in [7, 11) is 1.68. The van der Waals surface area contributed by atoms with E-state index in [0.717, 1.165) is 41.9 Å². The predicted molar refractivity (Wildman–Crippen MR) is 136 cm³/mol. The first-order valence-electron chi connectivity index (χ1n) is 12.0. The lowest BCUT2D eigenvalue weighted by molar-refractivity contribution is -0.118. The molecule has 1 fully saturated rings. The highest BCUT2D eigenvalue weighted by molar-refractivity contribution is 7.99. The number of benzene rings is 2. The predicted octanol–water partition coefficient (Wildman–Crippen LogP) is 4.41. The molecule has 1 amide bonds. The van der Waals surface area contributed by atoms with Crippen molar-refractivity contribution in [1.82, 2.24) is 25.0 Å². The molecule has 1 atom stereocenters. The van der Waals surface area contributed by atoms with Crippen molar-refractivity contribution in [1.29, 1.82) is 0 Å². The summed E-state index contributed by atoms with van der Waals surface area (Å²) in [4.78, 5) is 15.3. The number of piperidine rings is 1. The van der Waals surface area contributed by atoms with E-state index in [0.29, 0.717) is 12.3 Å². The average Bonchev–Trinajstić information content (AvgIpc) is 3.32. The van der Waals surface area contributed by atoms with Gasteiger partial charge in [-0.1, -0.05) is 60.6 Å². The second-order valence-electron chi connectivity index (χ2n) is 8.39. The maximum Gasteiger partial charge on any atom is 0.230 e. The summed E-state index contributed by atoms with van der Waals surface area (Å²) >= 11 is 1.43. The number of nitrogens with zero attached hydrogens (tertiary/aromatic N) is 4. The summed E-state index contributed by atoms with van der Waals surface area (Å²) in [5, 5.41) is 12.6. The van der Waals surface area contributed by atoms with Crippen molar-refractivity contribution in [3.8, 4) is 17.1 Å². The Morgan fingerprint density at radius 3 is 2.47 bits per heavy atom. The molecule has 1 N–H and O–H groups in total. The fourth-order valence-corrected chi connectivity index (χ4v) is 5.22. The fraction of sp³-hybridized carbons (Fsp3) is 0.423. The first-order chi connectivity index (χ1) is 16.7. The van der Waals surface area contributed by atoms with Crippen molar-refractivity contribution in [3.63, 3.8) is 0 Å². The molecule has 2 heterocycles. The molecule has 1 saturated heterocycles. The molecule has 0 bridgehead atoms. The summed E-state index contributed by atoms with van der Waals surface area (Å²) in [5.74, 6) is 1.99. The van der Waals surface area contributed by atoms with Crippen LogP contribution in [0.5, 0.6) is 5.75 Å². The van der Waals surface area contributed by atoms with Gasteiger partial charge < -0.3 is 14.6 Å². The van der Waals surface area contributed by atoms with E-state index in [1.165, 1.54) is 36.6 Å². The van der Waals surface area contributed by atoms with Gasteiger partial charge in [0, 0.05) is 18.7 Å². The Balaban J connectivity index is 1.38. The third-order valence-electron chi connectivity index (χ3n) is 6.22. The van der Waals surface area contributed by atoms with Crippen LogP contribution >= 0.6 is 11.8 Å². The molecule has 0 spiro atoms. The maximum atomic E-state index is 12.8. The van der Waals surface area contributed by atoms with Crippen LogP contribution in [-0.2, 0) is 11.3 Å². The van der Waals surface area contributed by atoms with Gasteiger partial charge in [0.05, 0.1) is 18.9 Å². The number of amides is 1. The Bertz CT molecular complexity index is 1050. The van der Waals surface area contributed by atoms with E-state index in [-0.39, 0.29) is 11.9 Å². The normalized spacial score (nSPS) is 15.1. The molecule has 2 aromatic carbocycles. The molecule has 3 aromatic rings. The topological polar surface area (TPSA) is 72.3 Å². The molecule has 1 unspecified atom stereocenters. The van der Waals surface area contributed by atoms with Gasteiger partial charge in [0.2, 0.25) is 5.91 Å². The first-order valence-corrected chi connectivity index (χ1v) is 12.9. The zero-order valence-corrected chi connectivity index (χ0v) is 20.8. The third kappa shape index (κ3) is 5.98. The van der Waals surface area contributed by atoms with E-state index >= 15 is 0 Å². The van der Waals surface area contributed by atoms with E-state index in [9.17, 15) is 4.79 Å². The zero-order chi connectivity index (χ0) is 23.8. The molecule has 34 heavy (non-hydrogen) atoms. The summed E-state index contributed by atoms with van der Waals surface area (Å²) in [5.41, 5.74) is 2.23. The lowest BCUT2D eigenvalue weighted by atomic mass is 10.0. The smallest absolute Gasteiger partial charge is 0.230 e. The number of thioether (sulfide) groups is 1. The van der Waals surface area contributed by atoms with Crippen LogP contribution in [0.4, 0.5) is 0 Å². The van der Waals surface area contributed by atoms with Gasteiger partial charge in [0.25, 0.3) is 0 Å². The van der Waals surface area contributed by atoms with Crippen molar-refractivity contribution < 1.29 is 9.53 Å². The number of carbonyl (C=O) groups is 1. The van der Waals surface area contributed by atoms with Crippen LogP contribution in [0.25, 0.3) is 11.4 Å². The highest BCUT2D eigenvalue weighted by atomic mass is 32.2. The highest BCUT2D eigenvalue weighted by Gasteiger charge is 2.23. The van der Waals surface area contributed by atoms with Crippen LogP contribution in [-0.4, -0.2) is 58.1 Å². The van der Waals surface area contributed by atoms with Crippen molar-refractivity contribution in [2.24, 2.45) is 0 Å². The molecule has 7 nitrogen and oxygen atoms in total. The number of nitrogens with one attached hydrogen (secondary N) is 1. The van der Waals surface area contributed by atoms with Gasteiger partial charge in [0.15, 0.2) is 11.0 Å². The van der Waals surface area contributed by atoms with Crippen molar-refractivity contribution in [3.05, 3.63) is 60.2 Å². The number of methoxy groups -OCH3 is 1. The van der Waals surface area contributed by atoms with Gasteiger partial charge in [-0.25, -0.2) is 0 Å². The van der Waals surface area contributed by atoms with Gasteiger partial charge in [-0.05, 0) is 50.6 Å². The third-order valence-corrected chi connectivity index (χ3v) is 7.19. The molecule has 0 radical (unpaired) electrons. The van der Waals surface area contributed by atoms with Crippen molar-refractivity contribution >= 4 is 17.7 Å². The van der Waals surface area contributed by atoms with E-state index in [2.05, 4.69) is 44.0 Å². The minimum absolute atomic E-state index is 0.00688. The quantitative estimate of drug-likeness (QED) is 0.434. The Kier molecular flexibility index (Phi) is 8.60. The van der Waals surface area contributed by atoms with E-state index < -0.39 is 0 Å². The monoisotopic (exact) mass is 479 g/mol. The van der Waals surface area contributed by atoms with Gasteiger partial charge in [-0.3, -0.25) is 9.69 Å². The highest BCUT2D eigenvalue weighted by Crippen LogP contribution is 2.27. The number of aromatic nitrogens is 3. The molecule has 1 aliphatic rings. The minimum atomic E-state index is 0.00688. The second-order valence-corrected chi connectivity index (χ2v) is 9.34. The summed E-state index contributed by atoms with van der Waals surface area (Å²) in [6.07, 6.45) is 3.68. The molecular weight excluding hydrogens is 446 g/mol. The van der Waals surface area contributed by atoms with Crippen LogP contribution in [0.15, 0.2) is 59.8 Å². The van der Waals surface area contributed by atoms with E-state index in [1.54, 1.807) is 7.11 Å². The van der Waals surface area contributed by atoms with Gasteiger partial charge in [-0.15, -0.1) is 10.2 Å². The van der Waals surface area contributed by atoms with Crippen LogP contribution in [0.2, 0.25) is 0 Å². The van der Waals surface area contributed by atoms with Crippen LogP contribution in [0, 0.1) is 0 Å². The number of hydrogen-bond acceptors (Lipinski definition) is 6. The number of carbonyl (C=O) groups excluding carboxylic acids is 1. The molecule has 0 aliphatic carbocycles. The summed E-state index contributed by atoms with van der Waals surface area (Å²) in [6.45, 7) is 5.52. The molecule has 0 saturated carbocycles. The van der Waals surface area contributed by atoms with E-state index in [4.69, 9.17) is 4.74 Å². The number of hydrogen-bond donors (Lipinski definition) is 1. The van der Waals surface area contributed by atoms with Crippen LogP contribution in [0.1, 0.15) is 37.8 Å². The molecule has 1 aromatic heterocycles. The number of rotatable bonds is 10. The lowest BCUT2D eigenvalue weighted by Crippen LogP contribution is -2.41. The fourth-order valence-electron chi connectivity index (χ4n) is 4.39. The van der Waals surface area contributed by atoms with Gasteiger partial charge >= 0.3 is 0 Å². The Labute approximate surface area is 205 Å². The van der Waals surface area contributed by atoms with Crippen LogP contribution in [0.3, 0.4) is 0 Å².